The zero-order valence-electron chi connectivity index (χ0n) is 19.8. The summed E-state index contributed by atoms with van der Waals surface area (Å²) in [5.41, 5.74) is 1.30. The lowest BCUT2D eigenvalue weighted by molar-refractivity contribution is -0.111. The van der Waals surface area contributed by atoms with Crippen LogP contribution in [-0.4, -0.2) is 45.9 Å². The molecule has 7 nitrogen and oxygen atoms in total. The molecule has 0 aliphatic carbocycles. The van der Waals surface area contributed by atoms with Gasteiger partial charge in [-0.1, -0.05) is 32.8 Å². The maximum Gasteiger partial charge on any atom is 0.248 e. The number of unbranched alkanes of at least 4 members (excludes halogenated alkanes) is 2. The van der Waals surface area contributed by atoms with Crippen molar-refractivity contribution in [3.8, 4) is 11.5 Å². The molecule has 0 fully saturated rings. The first-order valence-electron chi connectivity index (χ1n) is 11.2. The zero-order valence-corrected chi connectivity index (χ0v) is 20.7. The normalized spacial score (nSPS) is 11.7. The number of amides is 1. The van der Waals surface area contributed by atoms with E-state index in [9.17, 15) is 13.2 Å². The van der Waals surface area contributed by atoms with E-state index in [1.807, 2.05) is 19.9 Å². The van der Waals surface area contributed by atoms with Crippen molar-refractivity contribution >= 4 is 27.7 Å². The Kier molecular flexibility index (Phi) is 10.4. The number of anilines is 1. The molecule has 0 saturated carbocycles. The quantitative estimate of drug-likeness (QED) is 0.415. The number of carbonyl (C=O) groups is 1. The Labute approximate surface area is 197 Å². The molecule has 0 saturated heterocycles. The summed E-state index contributed by atoms with van der Waals surface area (Å²) >= 11 is 0. The van der Waals surface area contributed by atoms with Gasteiger partial charge in [0.05, 0.1) is 19.1 Å². The molecule has 8 heteroatoms. The topological polar surface area (TPSA) is 84.9 Å². The third-order valence-corrected chi connectivity index (χ3v) is 7.03. The smallest absolute Gasteiger partial charge is 0.248 e. The van der Waals surface area contributed by atoms with Gasteiger partial charge in [0.1, 0.15) is 0 Å². The van der Waals surface area contributed by atoms with Gasteiger partial charge in [0.15, 0.2) is 11.5 Å². The molecule has 2 rings (SSSR count). The first-order chi connectivity index (χ1) is 15.8. The molecule has 0 radical (unpaired) electrons. The fraction of sp³-hybridized carbons (Fsp3) is 0.400. The van der Waals surface area contributed by atoms with E-state index in [1.54, 1.807) is 48.9 Å². The summed E-state index contributed by atoms with van der Waals surface area (Å²) in [5, 5.41) is 2.75. The first-order valence-corrected chi connectivity index (χ1v) is 12.6. The lowest BCUT2D eigenvalue weighted by Gasteiger charge is -2.22. The minimum absolute atomic E-state index is 0.230. The summed E-state index contributed by atoms with van der Waals surface area (Å²) in [4.78, 5) is 12.5. The fourth-order valence-electron chi connectivity index (χ4n) is 3.19. The maximum atomic E-state index is 13.0. The monoisotopic (exact) mass is 474 g/mol. The van der Waals surface area contributed by atoms with Crippen molar-refractivity contribution in [1.82, 2.24) is 4.31 Å². The Morgan fingerprint density at radius 3 is 2.09 bits per heavy atom. The van der Waals surface area contributed by atoms with Gasteiger partial charge in [-0.15, -0.1) is 0 Å². The van der Waals surface area contributed by atoms with Crippen molar-refractivity contribution in [2.75, 3.05) is 32.6 Å². The number of benzene rings is 2. The van der Waals surface area contributed by atoms with E-state index < -0.39 is 10.0 Å². The molecular formula is C25H34N2O5S. The van der Waals surface area contributed by atoms with Crippen LogP contribution in [0.1, 0.15) is 45.1 Å². The highest BCUT2D eigenvalue weighted by molar-refractivity contribution is 7.89. The summed E-state index contributed by atoms with van der Waals surface area (Å²) in [6.45, 7) is 5.11. The first kappa shape index (κ1) is 26.4. The molecule has 1 N–H and O–H groups in total. The molecule has 0 heterocycles. The number of sulfonamides is 1. The van der Waals surface area contributed by atoms with Crippen LogP contribution in [0.5, 0.6) is 11.5 Å². The summed E-state index contributed by atoms with van der Waals surface area (Å²) < 4.78 is 38.1. The van der Waals surface area contributed by atoms with Gasteiger partial charge in [-0.25, -0.2) is 8.42 Å². The molecular weight excluding hydrogens is 440 g/mol. The molecule has 2 aromatic rings. The number of methoxy groups -OCH3 is 2. The molecule has 0 aromatic heterocycles. The lowest BCUT2D eigenvalue weighted by atomic mass is 10.2. The summed E-state index contributed by atoms with van der Waals surface area (Å²) in [6.07, 6.45) is 6.57. The van der Waals surface area contributed by atoms with E-state index in [-0.39, 0.29) is 10.8 Å². The molecule has 0 atom stereocenters. The van der Waals surface area contributed by atoms with Crippen molar-refractivity contribution in [3.05, 3.63) is 54.1 Å². The Morgan fingerprint density at radius 1 is 0.939 bits per heavy atom. The SMILES string of the molecule is CCCCN(CCCC)S(=O)(=O)c1ccc(NC(=O)C=Cc2ccc(OC)c(OC)c2)cc1. The van der Waals surface area contributed by atoms with Gasteiger partial charge in [-0.2, -0.15) is 4.31 Å². The van der Waals surface area contributed by atoms with Gasteiger partial charge in [-0.05, 0) is 60.9 Å². The van der Waals surface area contributed by atoms with E-state index in [4.69, 9.17) is 9.47 Å². The largest absolute Gasteiger partial charge is 0.493 e. The van der Waals surface area contributed by atoms with E-state index in [2.05, 4.69) is 5.32 Å². The highest BCUT2D eigenvalue weighted by Crippen LogP contribution is 2.28. The minimum atomic E-state index is -3.56. The van der Waals surface area contributed by atoms with Crippen molar-refractivity contribution in [2.24, 2.45) is 0 Å². The number of rotatable bonds is 13. The Morgan fingerprint density at radius 2 is 1.55 bits per heavy atom. The van der Waals surface area contributed by atoms with Crippen molar-refractivity contribution < 1.29 is 22.7 Å². The van der Waals surface area contributed by atoms with Gasteiger partial charge < -0.3 is 14.8 Å². The lowest BCUT2D eigenvalue weighted by Crippen LogP contribution is -2.33. The van der Waals surface area contributed by atoms with E-state index in [0.29, 0.717) is 30.3 Å². The van der Waals surface area contributed by atoms with Crippen molar-refractivity contribution in [2.45, 2.75) is 44.4 Å². The summed E-state index contributed by atoms with van der Waals surface area (Å²) in [5.74, 6) is 0.855. The fourth-order valence-corrected chi connectivity index (χ4v) is 4.71. The van der Waals surface area contributed by atoms with Gasteiger partial charge in [0.2, 0.25) is 15.9 Å². The van der Waals surface area contributed by atoms with Crippen LogP contribution < -0.4 is 14.8 Å². The van der Waals surface area contributed by atoms with Gasteiger partial charge in [-0.3, -0.25) is 4.79 Å². The average molecular weight is 475 g/mol. The van der Waals surface area contributed by atoms with E-state index in [0.717, 1.165) is 31.2 Å². The highest BCUT2D eigenvalue weighted by Gasteiger charge is 2.23. The number of ether oxygens (including phenoxy) is 2. The van der Waals surface area contributed by atoms with Crippen LogP contribution in [-0.2, 0) is 14.8 Å². The van der Waals surface area contributed by atoms with Crippen LogP contribution in [0.25, 0.3) is 6.08 Å². The molecule has 2 aromatic carbocycles. The number of nitrogens with one attached hydrogen (secondary N) is 1. The minimum Gasteiger partial charge on any atom is -0.493 e. The number of hydrogen-bond donors (Lipinski definition) is 1. The van der Waals surface area contributed by atoms with Crippen LogP contribution in [0.4, 0.5) is 5.69 Å². The predicted molar refractivity (Wildman–Crippen MR) is 132 cm³/mol. The standard InChI is InChI=1S/C25H34N2O5S/c1-5-7-17-27(18-8-6-2)33(29,30)22-13-11-21(12-14-22)26-25(28)16-10-20-9-15-23(31-3)24(19-20)32-4/h9-16,19H,5-8,17-18H2,1-4H3,(H,26,28). The number of nitrogens with zero attached hydrogens (tertiary/aromatic N) is 1. The molecule has 0 bridgehead atoms. The second-order valence-corrected chi connectivity index (χ2v) is 9.51. The van der Waals surface area contributed by atoms with Crippen LogP contribution in [0.3, 0.4) is 0 Å². The summed E-state index contributed by atoms with van der Waals surface area (Å²) in [6, 6.07) is 11.6. The molecule has 180 valence electrons. The predicted octanol–water partition coefficient (Wildman–Crippen LogP) is 4.95. The second kappa shape index (κ2) is 13.0. The molecule has 0 unspecified atom stereocenters. The number of hydrogen-bond acceptors (Lipinski definition) is 5. The second-order valence-electron chi connectivity index (χ2n) is 7.57. The van der Waals surface area contributed by atoms with E-state index in [1.165, 1.54) is 18.2 Å². The Bertz CT molecular complexity index is 1030. The third kappa shape index (κ3) is 7.61. The van der Waals surface area contributed by atoms with Crippen LogP contribution in [0.15, 0.2) is 53.4 Å². The zero-order chi connectivity index (χ0) is 24.3. The molecule has 33 heavy (non-hydrogen) atoms. The van der Waals surface area contributed by atoms with Gasteiger partial charge in [0, 0.05) is 24.9 Å². The molecule has 0 aliphatic rings. The molecule has 1 amide bonds. The number of carbonyl (C=O) groups excluding carboxylic acids is 1. The van der Waals surface area contributed by atoms with Gasteiger partial charge >= 0.3 is 0 Å². The van der Waals surface area contributed by atoms with Crippen molar-refractivity contribution in [3.63, 3.8) is 0 Å². The Balaban J connectivity index is 2.07. The molecule has 0 aliphatic heterocycles. The van der Waals surface area contributed by atoms with Crippen molar-refractivity contribution in [1.29, 1.82) is 0 Å². The van der Waals surface area contributed by atoms with Crippen LogP contribution in [0, 0.1) is 0 Å². The Hall–Kier alpha value is -2.84. The van der Waals surface area contributed by atoms with E-state index >= 15 is 0 Å². The van der Waals surface area contributed by atoms with Gasteiger partial charge in [0.25, 0.3) is 0 Å². The van der Waals surface area contributed by atoms with Crippen LogP contribution >= 0.6 is 0 Å². The summed E-state index contributed by atoms with van der Waals surface area (Å²) in [7, 11) is -0.454. The molecule has 0 spiro atoms. The van der Waals surface area contributed by atoms with Crippen LogP contribution in [0.2, 0.25) is 0 Å². The average Bonchev–Trinajstić information content (AvgIpc) is 2.82. The maximum absolute atomic E-state index is 13.0. The highest BCUT2D eigenvalue weighted by atomic mass is 32.2. The third-order valence-electron chi connectivity index (χ3n) is 5.12.